The topological polar surface area (TPSA) is 18.5 Å². The minimum atomic E-state index is -0.129. The van der Waals surface area contributed by atoms with Gasteiger partial charge < -0.3 is 9.47 Å². The summed E-state index contributed by atoms with van der Waals surface area (Å²) in [4.78, 5) is 0. The van der Waals surface area contributed by atoms with Crippen LogP contribution in [0.2, 0.25) is 0 Å². The van der Waals surface area contributed by atoms with Crippen LogP contribution in [-0.4, -0.2) is 19.5 Å². The summed E-state index contributed by atoms with van der Waals surface area (Å²) in [7, 11) is 0. The van der Waals surface area contributed by atoms with Gasteiger partial charge in [-0.1, -0.05) is 0 Å². The van der Waals surface area contributed by atoms with Gasteiger partial charge in [0.15, 0.2) is 6.29 Å². The molecule has 0 aliphatic heterocycles. The second-order valence-corrected chi connectivity index (χ2v) is 2.20. The molecule has 13 heavy (non-hydrogen) atoms. The molecule has 0 aromatic heterocycles. The number of ether oxygens (including phenoxy) is 2. The summed E-state index contributed by atoms with van der Waals surface area (Å²) in [5, 5.41) is 0. The molecule has 0 unspecified atom stereocenters. The van der Waals surface area contributed by atoms with E-state index in [0.717, 1.165) is 6.42 Å². The molecule has 0 fully saturated rings. The van der Waals surface area contributed by atoms with E-state index in [-0.39, 0.29) is 25.2 Å². The van der Waals surface area contributed by atoms with Gasteiger partial charge in [-0.15, -0.1) is 0 Å². The van der Waals surface area contributed by atoms with Crippen molar-refractivity contribution < 1.29 is 28.3 Å². The molecule has 70 valence electrons. The van der Waals surface area contributed by atoms with Crippen LogP contribution in [0, 0.1) is 6.58 Å². The molecule has 0 radical (unpaired) electrons. The largest absolute Gasteiger partial charge is 1.00 e. The van der Waals surface area contributed by atoms with Gasteiger partial charge in [0, 0.05) is 19.6 Å². The second-order valence-electron chi connectivity index (χ2n) is 2.20. The van der Waals surface area contributed by atoms with Crippen molar-refractivity contribution in [3.8, 4) is 0 Å². The molecule has 2 nitrogen and oxygen atoms in total. The fourth-order valence-corrected chi connectivity index (χ4v) is 0.824. The molecule has 0 aliphatic carbocycles. The van der Waals surface area contributed by atoms with Crippen LogP contribution in [0.1, 0.15) is 20.3 Å². The van der Waals surface area contributed by atoms with Crippen LogP contribution in [0.3, 0.4) is 0 Å². The van der Waals surface area contributed by atoms with Gasteiger partial charge in [-0.2, -0.15) is 6.08 Å². The summed E-state index contributed by atoms with van der Waals surface area (Å²) in [6.45, 7) is 10.4. The molecule has 0 atom stereocenters. The van der Waals surface area contributed by atoms with Crippen LogP contribution in [0.25, 0.3) is 0 Å². The summed E-state index contributed by atoms with van der Waals surface area (Å²) in [6, 6.07) is 0. The van der Waals surface area contributed by atoms with Crippen LogP contribution >= 0.6 is 0 Å². The molecule has 0 spiro atoms. The molecule has 0 rings (SSSR count). The molecule has 0 saturated heterocycles. The maximum absolute atomic E-state index is 5.30. The maximum Gasteiger partial charge on any atom is 1.00 e. The van der Waals surface area contributed by atoms with Crippen molar-refractivity contribution in [2.45, 2.75) is 26.6 Å². The first kappa shape index (κ1) is 15.5. The SMILES string of the molecule is [CH-]=C/C=C/CC(OCC)OCC.[Li+]. The Morgan fingerprint density at radius 3 is 2.15 bits per heavy atom. The van der Waals surface area contributed by atoms with Crippen LogP contribution in [-0.2, 0) is 9.47 Å². The first-order valence-electron chi connectivity index (χ1n) is 4.28. The average molecular weight is 176 g/mol. The van der Waals surface area contributed by atoms with Gasteiger partial charge in [0.05, 0.1) is 0 Å². The van der Waals surface area contributed by atoms with E-state index in [4.69, 9.17) is 16.1 Å². The molecule has 0 aromatic rings. The number of hydrogen-bond acceptors (Lipinski definition) is 2. The van der Waals surface area contributed by atoms with Crippen LogP contribution in [0.15, 0.2) is 18.2 Å². The van der Waals surface area contributed by atoms with Crippen molar-refractivity contribution in [1.29, 1.82) is 0 Å². The molecular weight excluding hydrogens is 159 g/mol. The quantitative estimate of drug-likeness (QED) is 0.221. The molecule has 0 heterocycles. The number of allylic oxidation sites excluding steroid dienone is 2. The van der Waals surface area contributed by atoms with Crippen LogP contribution < -0.4 is 18.9 Å². The molecule has 0 aliphatic rings. The summed E-state index contributed by atoms with van der Waals surface area (Å²) in [5.74, 6) is 0. The second kappa shape index (κ2) is 12.0. The molecule has 0 saturated carbocycles. The molecular formula is C10H17LiO2. The zero-order valence-corrected chi connectivity index (χ0v) is 8.82. The predicted octanol–water partition coefficient (Wildman–Crippen LogP) is -0.675. The summed E-state index contributed by atoms with van der Waals surface area (Å²) in [5.41, 5.74) is 0. The average Bonchev–Trinajstić information content (AvgIpc) is 2.06. The van der Waals surface area contributed by atoms with Gasteiger partial charge in [-0.05, 0) is 13.8 Å². The monoisotopic (exact) mass is 176 g/mol. The van der Waals surface area contributed by atoms with E-state index in [1.54, 1.807) is 6.08 Å². The van der Waals surface area contributed by atoms with Gasteiger partial charge in [0.1, 0.15) is 0 Å². The fourth-order valence-electron chi connectivity index (χ4n) is 0.824. The predicted molar refractivity (Wildman–Crippen MR) is 49.7 cm³/mol. The number of rotatable bonds is 7. The Morgan fingerprint density at radius 1 is 1.23 bits per heavy atom. The van der Waals surface area contributed by atoms with Crippen molar-refractivity contribution in [1.82, 2.24) is 0 Å². The fraction of sp³-hybridized carbons (Fsp3) is 0.600. The van der Waals surface area contributed by atoms with Crippen LogP contribution in [0.4, 0.5) is 0 Å². The third-order valence-corrected chi connectivity index (χ3v) is 1.28. The van der Waals surface area contributed by atoms with Gasteiger partial charge in [-0.25, -0.2) is 12.2 Å². The van der Waals surface area contributed by atoms with Gasteiger partial charge in [-0.3, -0.25) is 6.58 Å². The molecule has 0 N–H and O–H groups in total. The Hall–Kier alpha value is -0.00260. The summed E-state index contributed by atoms with van der Waals surface area (Å²) < 4.78 is 10.6. The van der Waals surface area contributed by atoms with E-state index in [1.807, 2.05) is 19.9 Å². The van der Waals surface area contributed by atoms with Gasteiger partial charge in [0.2, 0.25) is 0 Å². The Morgan fingerprint density at radius 2 is 1.77 bits per heavy atom. The van der Waals surface area contributed by atoms with E-state index >= 15 is 0 Å². The van der Waals surface area contributed by atoms with Crippen molar-refractivity contribution in [3.05, 3.63) is 24.8 Å². The Bertz CT molecular complexity index is 129. The van der Waals surface area contributed by atoms with E-state index in [9.17, 15) is 0 Å². The Balaban J connectivity index is 0. The van der Waals surface area contributed by atoms with Crippen molar-refractivity contribution >= 4 is 0 Å². The molecule has 3 heteroatoms. The van der Waals surface area contributed by atoms with Crippen LogP contribution in [0.5, 0.6) is 0 Å². The third kappa shape index (κ3) is 9.91. The van der Waals surface area contributed by atoms with Crippen molar-refractivity contribution in [3.63, 3.8) is 0 Å². The maximum atomic E-state index is 5.30. The molecule has 0 aromatic carbocycles. The molecule has 0 amide bonds. The minimum absolute atomic E-state index is 0. The zero-order valence-electron chi connectivity index (χ0n) is 8.82. The van der Waals surface area contributed by atoms with E-state index in [2.05, 4.69) is 0 Å². The summed E-state index contributed by atoms with van der Waals surface area (Å²) >= 11 is 0. The van der Waals surface area contributed by atoms with Crippen molar-refractivity contribution in [2.24, 2.45) is 0 Å². The first-order chi connectivity index (χ1) is 5.85. The van der Waals surface area contributed by atoms with E-state index < -0.39 is 0 Å². The smallest absolute Gasteiger partial charge is 0.353 e. The Kier molecular flexibility index (Phi) is 14.3. The van der Waals surface area contributed by atoms with Crippen molar-refractivity contribution in [2.75, 3.05) is 13.2 Å². The standard InChI is InChI=1S/C10H17O2.Li/c1-4-7-8-9-10(11-5-2)12-6-3;/h1,4,7-8,10H,5-6,9H2,2-3H3;/q-1;+1/b8-7+;. The number of hydrogen-bond donors (Lipinski definition) is 0. The zero-order chi connectivity index (χ0) is 9.23. The summed E-state index contributed by atoms with van der Waals surface area (Å²) in [6.07, 6.45) is 5.82. The minimum Gasteiger partial charge on any atom is -0.353 e. The normalized spacial score (nSPS) is 10.4. The van der Waals surface area contributed by atoms with E-state index in [0.29, 0.717) is 13.2 Å². The van der Waals surface area contributed by atoms with Gasteiger partial charge in [0.25, 0.3) is 0 Å². The third-order valence-electron chi connectivity index (χ3n) is 1.28. The molecule has 0 bridgehead atoms. The van der Waals surface area contributed by atoms with E-state index in [1.165, 1.54) is 6.08 Å². The van der Waals surface area contributed by atoms with Gasteiger partial charge >= 0.3 is 18.9 Å². The Labute approximate surface area is 93.2 Å². The first-order valence-corrected chi connectivity index (χ1v) is 4.28.